The first-order chi connectivity index (χ1) is 13.3. The molecule has 28 heavy (non-hydrogen) atoms. The van der Waals surface area contributed by atoms with E-state index >= 15 is 0 Å². The van der Waals surface area contributed by atoms with E-state index in [1.807, 2.05) is 19.1 Å². The maximum absolute atomic E-state index is 12.1. The van der Waals surface area contributed by atoms with Crippen molar-refractivity contribution in [3.8, 4) is 0 Å². The van der Waals surface area contributed by atoms with Gasteiger partial charge in [0.15, 0.2) is 6.61 Å². The number of hydrogen-bond acceptors (Lipinski definition) is 5. The topological polar surface area (TPSA) is 96.0 Å². The SMILES string of the molecule is Cc1ccc(NC(=O)CN(C)C(=O)COC(=O)CN2CCCCCC2=O)cc1. The number of ether oxygens (including phenoxy) is 1. The van der Waals surface area contributed by atoms with E-state index in [-0.39, 0.29) is 24.9 Å². The Labute approximate surface area is 164 Å². The van der Waals surface area contributed by atoms with Crippen LogP contribution in [0.3, 0.4) is 0 Å². The van der Waals surface area contributed by atoms with Gasteiger partial charge < -0.3 is 19.9 Å². The van der Waals surface area contributed by atoms with E-state index in [9.17, 15) is 19.2 Å². The molecule has 8 nitrogen and oxygen atoms in total. The number of nitrogens with one attached hydrogen (secondary N) is 1. The summed E-state index contributed by atoms with van der Waals surface area (Å²) in [6, 6.07) is 7.31. The molecule has 0 aliphatic carbocycles. The second-order valence-corrected chi connectivity index (χ2v) is 6.95. The van der Waals surface area contributed by atoms with Gasteiger partial charge in [0.2, 0.25) is 11.8 Å². The summed E-state index contributed by atoms with van der Waals surface area (Å²) in [5, 5.41) is 2.70. The van der Waals surface area contributed by atoms with Crippen molar-refractivity contribution in [1.29, 1.82) is 0 Å². The van der Waals surface area contributed by atoms with Gasteiger partial charge in [-0.1, -0.05) is 24.1 Å². The molecule has 1 aromatic carbocycles. The number of carbonyl (C=O) groups excluding carboxylic acids is 4. The first kappa shape index (κ1) is 21.4. The highest BCUT2D eigenvalue weighted by Crippen LogP contribution is 2.11. The van der Waals surface area contributed by atoms with Gasteiger partial charge in [0, 0.05) is 25.7 Å². The number of hydrogen-bond donors (Lipinski definition) is 1. The van der Waals surface area contributed by atoms with Crippen LogP contribution in [0.2, 0.25) is 0 Å². The fourth-order valence-electron chi connectivity index (χ4n) is 2.80. The molecule has 1 fully saturated rings. The lowest BCUT2D eigenvalue weighted by atomic mass is 10.2. The van der Waals surface area contributed by atoms with E-state index < -0.39 is 18.5 Å². The van der Waals surface area contributed by atoms with Gasteiger partial charge in [-0.3, -0.25) is 19.2 Å². The monoisotopic (exact) mass is 389 g/mol. The Hall–Kier alpha value is -2.90. The molecule has 3 amide bonds. The number of likely N-dealkylation sites (N-methyl/N-ethyl adjacent to an activating group) is 1. The van der Waals surface area contributed by atoms with E-state index in [4.69, 9.17) is 4.74 Å². The minimum atomic E-state index is -0.624. The van der Waals surface area contributed by atoms with Crippen molar-refractivity contribution >= 4 is 29.4 Å². The van der Waals surface area contributed by atoms with E-state index in [2.05, 4.69) is 5.32 Å². The third-order valence-corrected chi connectivity index (χ3v) is 4.49. The fourth-order valence-corrected chi connectivity index (χ4v) is 2.80. The Morgan fingerprint density at radius 2 is 1.86 bits per heavy atom. The molecule has 0 unspecified atom stereocenters. The predicted molar refractivity (Wildman–Crippen MR) is 103 cm³/mol. The molecule has 152 valence electrons. The van der Waals surface area contributed by atoms with E-state index in [0.717, 1.165) is 24.8 Å². The largest absolute Gasteiger partial charge is 0.454 e. The van der Waals surface area contributed by atoms with Crippen molar-refractivity contribution in [2.45, 2.75) is 32.6 Å². The van der Waals surface area contributed by atoms with Crippen molar-refractivity contribution in [3.63, 3.8) is 0 Å². The highest BCUT2D eigenvalue weighted by molar-refractivity contribution is 5.94. The normalized spacial score (nSPS) is 14.2. The summed E-state index contributed by atoms with van der Waals surface area (Å²) in [6.45, 7) is 1.71. The number of nitrogens with zero attached hydrogens (tertiary/aromatic N) is 2. The third-order valence-electron chi connectivity index (χ3n) is 4.49. The van der Waals surface area contributed by atoms with Crippen LogP contribution in [-0.4, -0.2) is 66.8 Å². The minimum absolute atomic E-state index is 0.0642. The Balaban J connectivity index is 1.72. The maximum atomic E-state index is 12.1. The molecule has 0 aromatic heterocycles. The smallest absolute Gasteiger partial charge is 0.326 e. The number of amides is 3. The van der Waals surface area contributed by atoms with Crippen LogP contribution >= 0.6 is 0 Å². The zero-order valence-corrected chi connectivity index (χ0v) is 16.4. The summed E-state index contributed by atoms with van der Waals surface area (Å²) >= 11 is 0. The second-order valence-electron chi connectivity index (χ2n) is 6.95. The Morgan fingerprint density at radius 3 is 2.57 bits per heavy atom. The second kappa shape index (κ2) is 10.4. The van der Waals surface area contributed by atoms with Gasteiger partial charge in [0.05, 0.1) is 6.54 Å². The third kappa shape index (κ3) is 7.02. The Bertz CT molecular complexity index is 717. The van der Waals surface area contributed by atoms with Crippen molar-refractivity contribution in [2.75, 3.05) is 38.6 Å². The van der Waals surface area contributed by atoms with Crippen LogP contribution < -0.4 is 5.32 Å². The standard InChI is InChI=1S/C20H27N3O5/c1-15-7-9-16(10-8-15)21-17(24)12-22(2)19(26)14-28-20(27)13-23-11-5-3-4-6-18(23)25/h7-10H,3-6,11-14H2,1-2H3,(H,21,24). The van der Waals surface area contributed by atoms with Crippen molar-refractivity contribution in [1.82, 2.24) is 9.80 Å². The molecule has 1 N–H and O–H groups in total. The first-order valence-electron chi connectivity index (χ1n) is 9.39. The zero-order valence-electron chi connectivity index (χ0n) is 16.4. The van der Waals surface area contributed by atoms with Gasteiger partial charge in [-0.2, -0.15) is 0 Å². The first-order valence-corrected chi connectivity index (χ1v) is 9.39. The van der Waals surface area contributed by atoms with Gasteiger partial charge in [-0.05, 0) is 31.9 Å². The van der Waals surface area contributed by atoms with Gasteiger partial charge >= 0.3 is 5.97 Å². The molecule has 1 aliphatic rings. The lowest BCUT2D eigenvalue weighted by molar-refractivity contribution is -0.154. The van der Waals surface area contributed by atoms with Gasteiger partial charge in [0.1, 0.15) is 6.54 Å². The molecule has 0 spiro atoms. The van der Waals surface area contributed by atoms with Crippen LogP contribution in [0, 0.1) is 6.92 Å². The number of anilines is 1. The van der Waals surface area contributed by atoms with Crippen LogP contribution in [-0.2, 0) is 23.9 Å². The number of likely N-dealkylation sites (tertiary alicyclic amines) is 1. The van der Waals surface area contributed by atoms with Crippen LogP contribution in [0.5, 0.6) is 0 Å². The molecule has 0 saturated carbocycles. The van der Waals surface area contributed by atoms with Crippen LogP contribution in [0.1, 0.15) is 31.2 Å². The number of carbonyl (C=O) groups is 4. The molecular formula is C20H27N3O5. The van der Waals surface area contributed by atoms with Gasteiger partial charge in [-0.15, -0.1) is 0 Å². The predicted octanol–water partition coefficient (Wildman–Crippen LogP) is 1.34. The molecular weight excluding hydrogens is 362 g/mol. The average molecular weight is 389 g/mol. The lowest BCUT2D eigenvalue weighted by Crippen LogP contribution is -2.39. The van der Waals surface area contributed by atoms with Gasteiger partial charge in [-0.25, -0.2) is 0 Å². The Morgan fingerprint density at radius 1 is 1.14 bits per heavy atom. The Kier molecular flexibility index (Phi) is 7.98. The molecule has 1 aromatic rings. The lowest BCUT2D eigenvalue weighted by Gasteiger charge is -2.20. The maximum Gasteiger partial charge on any atom is 0.326 e. The summed E-state index contributed by atoms with van der Waals surface area (Å²) < 4.78 is 4.97. The van der Waals surface area contributed by atoms with Crippen molar-refractivity contribution < 1.29 is 23.9 Å². The zero-order chi connectivity index (χ0) is 20.5. The summed E-state index contributed by atoms with van der Waals surface area (Å²) in [4.78, 5) is 50.6. The quantitative estimate of drug-likeness (QED) is 0.710. The van der Waals surface area contributed by atoms with Crippen molar-refractivity contribution in [2.24, 2.45) is 0 Å². The molecule has 2 rings (SSSR count). The number of aryl methyl sites for hydroxylation is 1. The van der Waals surface area contributed by atoms with Crippen LogP contribution in [0.25, 0.3) is 0 Å². The average Bonchev–Trinajstić information content (AvgIpc) is 2.86. The van der Waals surface area contributed by atoms with E-state index in [1.54, 1.807) is 12.1 Å². The molecule has 1 heterocycles. The van der Waals surface area contributed by atoms with Gasteiger partial charge in [0.25, 0.3) is 5.91 Å². The number of rotatable bonds is 7. The number of esters is 1. The van der Waals surface area contributed by atoms with Crippen LogP contribution in [0.4, 0.5) is 5.69 Å². The molecule has 1 saturated heterocycles. The van der Waals surface area contributed by atoms with Crippen molar-refractivity contribution in [3.05, 3.63) is 29.8 Å². The number of benzene rings is 1. The van der Waals surface area contributed by atoms with E-state index in [1.165, 1.54) is 16.8 Å². The minimum Gasteiger partial charge on any atom is -0.454 e. The molecule has 0 bridgehead atoms. The molecule has 0 radical (unpaired) electrons. The van der Waals surface area contributed by atoms with E-state index in [0.29, 0.717) is 18.7 Å². The molecule has 0 atom stereocenters. The summed E-state index contributed by atoms with van der Waals surface area (Å²) in [7, 11) is 1.46. The molecule has 1 aliphatic heterocycles. The van der Waals surface area contributed by atoms with Crippen LogP contribution in [0.15, 0.2) is 24.3 Å². The highest BCUT2D eigenvalue weighted by atomic mass is 16.5. The highest BCUT2D eigenvalue weighted by Gasteiger charge is 2.21. The summed E-state index contributed by atoms with van der Waals surface area (Å²) in [5.41, 5.74) is 1.72. The summed E-state index contributed by atoms with van der Waals surface area (Å²) in [6.07, 6.45) is 3.09. The fraction of sp³-hybridized carbons (Fsp3) is 0.500. The summed E-state index contributed by atoms with van der Waals surface area (Å²) in [5.74, 6) is -1.53. The molecule has 8 heteroatoms.